The molecule has 102 valence electrons. The maximum atomic E-state index is 10.2. The van der Waals surface area contributed by atoms with Crippen molar-refractivity contribution in [3.05, 3.63) is 41.9 Å². The molecule has 2 heterocycles. The predicted octanol–water partition coefficient (Wildman–Crippen LogP) is 2.14. The molecular weight excluding hydrogens is 242 g/mol. The van der Waals surface area contributed by atoms with Crippen molar-refractivity contribution in [2.24, 2.45) is 0 Å². The SMILES string of the molecule is COc1cccc(C(O)Cc2ccn(C(C)C)n2)n1. The van der Waals surface area contributed by atoms with Crippen LogP contribution >= 0.6 is 0 Å². The first-order valence-corrected chi connectivity index (χ1v) is 6.33. The van der Waals surface area contributed by atoms with E-state index in [0.717, 1.165) is 5.69 Å². The Balaban J connectivity index is 2.08. The average molecular weight is 261 g/mol. The monoisotopic (exact) mass is 261 g/mol. The first-order valence-electron chi connectivity index (χ1n) is 6.33. The molecule has 0 fully saturated rings. The highest BCUT2D eigenvalue weighted by molar-refractivity contribution is 5.18. The van der Waals surface area contributed by atoms with Crippen LogP contribution in [-0.2, 0) is 6.42 Å². The summed E-state index contributed by atoms with van der Waals surface area (Å²) in [5, 5.41) is 14.6. The number of rotatable bonds is 5. The second-order valence-corrected chi connectivity index (χ2v) is 4.71. The van der Waals surface area contributed by atoms with Crippen molar-refractivity contribution in [2.45, 2.75) is 32.4 Å². The summed E-state index contributed by atoms with van der Waals surface area (Å²) in [7, 11) is 1.56. The minimum absolute atomic E-state index is 0.320. The van der Waals surface area contributed by atoms with Gasteiger partial charge in [-0.25, -0.2) is 4.98 Å². The molecule has 0 saturated carbocycles. The largest absolute Gasteiger partial charge is 0.481 e. The van der Waals surface area contributed by atoms with Crippen molar-refractivity contribution in [3.63, 3.8) is 0 Å². The first-order chi connectivity index (χ1) is 9.10. The van der Waals surface area contributed by atoms with Gasteiger partial charge in [0.25, 0.3) is 0 Å². The fourth-order valence-electron chi connectivity index (χ4n) is 1.81. The zero-order chi connectivity index (χ0) is 13.8. The van der Waals surface area contributed by atoms with Crippen LogP contribution in [0.1, 0.15) is 37.4 Å². The van der Waals surface area contributed by atoms with Gasteiger partial charge in [-0.2, -0.15) is 5.10 Å². The zero-order valence-corrected chi connectivity index (χ0v) is 11.4. The number of aliphatic hydroxyl groups is 1. The van der Waals surface area contributed by atoms with E-state index in [4.69, 9.17) is 4.74 Å². The van der Waals surface area contributed by atoms with E-state index in [1.807, 2.05) is 23.0 Å². The Morgan fingerprint density at radius 3 is 2.74 bits per heavy atom. The van der Waals surface area contributed by atoms with Crippen LogP contribution in [0.5, 0.6) is 5.88 Å². The molecule has 1 atom stereocenters. The van der Waals surface area contributed by atoms with E-state index in [1.54, 1.807) is 19.2 Å². The Labute approximate surface area is 112 Å². The van der Waals surface area contributed by atoms with Crippen LogP contribution < -0.4 is 4.74 Å². The Morgan fingerprint density at radius 1 is 1.32 bits per heavy atom. The van der Waals surface area contributed by atoms with E-state index in [9.17, 15) is 5.11 Å². The molecule has 2 aromatic heterocycles. The molecule has 0 amide bonds. The normalized spacial score (nSPS) is 12.7. The van der Waals surface area contributed by atoms with Gasteiger partial charge in [0.15, 0.2) is 0 Å². The van der Waals surface area contributed by atoms with Gasteiger partial charge in [0, 0.05) is 24.7 Å². The fraction of sp³-hybridized carbons (Fsp3) is 0.429. The van der Waals surface area contributed by atoms with E-state index in [2.05, 4.69) is 23.9 Å². The zero-order valence-electron chi connectivity index (χ0n) is 11.4. The van der Waals surface area contributed by atoms with E-state index in [0.29, 0.717) is 24.0 Å². The highest BCUT2D eigenvalue weighted by Gasteiger charge is 2.13. The third kappa shape index (κ3) is 3.32. The van der Waals surface area contributed by atoms with E-state index in [1.165, 1.54) is 0 Å². The molecule has 19 heavy (non-hydrogen) atoms. The number of ether oxygens (including phenoxy) is 1. The predicted molar refractivity (Wildman–Crippen MR) is 72.1 cm³/mol. The summed E-state index contributed by atoms with van der Waals surface area (Å²) in [5.41, 5.74) is 1.45. The number of pyridine rings is 1. The fourth-order valence-corrected chi connectivity index (χ4v) is 1.81. The number of hydrogen-bond donors (Lipinski definition) is 1. The Bertz CT molecular complexity index is 537. The van der Waals surface area contributed by atoms with Gasteiger partial charge in [-0.15, -0.1) is 0 Å². The Morgan fingerprint density at radius 2 is 2.11 bits per heavy atom. The summed E-state index contributed by atoms with van der Waals surface area (Å²) in [6.45, 7) is 4.13. The summed E-state index contributed by atoms with van der Waals surface area (Å²) in [5.74, 6) is 0.504. The highest BCUT2D eigenvalue weighted by Crippen LogP contribution is 2.18. The lowest BCUT2D eigenvalue weighted by Crippen LogP contribution is -2.07. The van der Waals surface area contributed by atoms with E-state index < -0.39 is 6.10 Å². The van der Waals surface area contributed by atoms with Gasteiger partial charge in [0.05, 0.1) is 18.5 Å². The molecule has 0 aromatic carbocycles. The third-order valence-corrected chi connectivity index (χ3v) is 2.89. The van der Waals surface area contributed by atoms with Crippen molar-refractivity contribution in [2.75, 3.05) is 7.11 Å². The lowest BCUT2D eigenvalue weighted by molar-refractivity contribution is 0.171. The lowest BCUT2D eigenvalue weighted by atomic mass is 10.1. The van der Waals surface area contributed by atoms with Crippen molar-refractivity contribution in [1.29, 1.82) is 0 Å². The molecule has 0 aliphatic heterocycles. The van der Waals surface area contributed by atoms with Crippen molar-refractivity contribution >= 4 is 0 Å². The van der Waals surface area contributed by atoms with Gasteiger partial charge in [-0.05, 0) is 26.0 Å². The minimum atomic E-state index is -0.675. The van der Waals surface area contributed by atoms with Gasteiger partial charge in [0.1, 0.15) is 6.10 Å². The summed E-state index contributed by atoms with van der Waals surface area (Å²) in [6.07, 6.45) is 1.69. The van der Waals surface area contributed by atoms with Crippen molar-refractivity contribution in [3.8, 4) is 5.88 Å². The molecule has 0 aliphatic rings. The molecule has 0 spiro atoms. The van der Waals surface area contributed by atoms with Crippen LogP contribution in [0.3, 0.4) is 0 Å². The second-order valence-electron chi connectivity index (χ2n) is 4.71. The lowest BCUT2D eigenvalue weighted by Gasteiger charge is -2.10. The van der Waals surface area contributed by atoms with Crippen molar-refractivity contribution in [1.82, 2.24) is 14.8 Å². The second kappa shape index (κ2) is 5.84. The van der Waals surface area contributed by atoms with Gasteiger partial charge >= 0.3 is 0 Å². The van der Waals surface area contributed by atoms with Gasteiger partial charge < -0.3 is 9.84 Å². The summed E-state index contributed by atoms with van der Waals surface area (Å²) < 4.78 is 6.92. The maximum Gasteiger partial charge on any atom is 0.213 e. The number of hydrogen-bond acceptors (Lipinski definition) is 4. The van der Waals surface area contributed by atoms with E-state index >= 15 is 0 Å². The van der Waals surface area contributed by atoms with E-state index in [-0.39, 0.29) is 0 Å². The maximum absolute atomic E-state index is 10.2. The number of aliphatic hydroxyl groups excluding tert-OH is 1. The van der Waals surface area contributed by atoms with Gasteiger partial charge in [0.2, 0.25) is 5.88 Å². The van der Waals surface area contributed by atoms with Crippen LogP contribution in [0.4, 0.5) is 0 Å². The topological polar surface area (TPSA) is 60.2 Å². The summed E-state index contributed by atoms with van der Waals surface area (Å²) >= 11 is 0. The molecule has 0 bridgehead atoms. The molecule has 2 aromatic rings. The highest BCUT2D eigenvalue weighted by atomic mass is 16.5. The molecule has 5 nitrogen and oxygen atoms in total. The molecule has 0 aliphatic carbocycles. The molecule has 1 unspecified atom stereocenters. The minimum Gasteiger partial charge on any atom is -0.481 e. The quantitative estimate of drug-likeness (QED) is 0.895. The van der Waals surface area contributed by atoms with Crippen LogP contribution in [0, 0.1) is 0 Å². The Kier molecular flexibility index (Phi) is 4.16. The van der Waals surface area contributed by atoms with Crippen LogP contribution in [-0.4, -0.2) is 27.0 Å². The van der Waals surface area contributed by atoms with Gasteiger partial charge in [-0.1, -0.05) is 6.07 Å². The van der Waals surface area contributed by atoms with Gasteiger partial charge in [-0.3, -0.25) is 4.68 Å². The summed E-state index contributed by atoms with van der Waals surface area (Å²) in [4.78, 5) is 4.22. The van der Waals surface area contributed by atoms with Crippen LogP contribution in [0.25, 0.3) is 0 Å². The molecule has 0 radical (unpaired) electrons. The first kappa shape index (κ1) is 13.5. The summed E-state index contributed by atoms with van der Waals surface area (Å²) in [6, 6.07) is 7.59. The Hall–Kier alpha value is -1.88. The molecule has 2 rings (SSSR count). The van der Waals surface area contributed by atoms with Crippen LogP contribution in [0.2, 0.25) is 0 Å². The molecule has 5 heteroatoms. The number of nitrogens with zero attached hydrogens (tertiary/aromatic N) is 3. The smallest absolute Gasteiger partial charge is 0.213 e. The van der Waals surface area contributed by atoms with Crippen molar-refractivity contribution < 1.29 is 9.84 Å². The molecule has 1 N–H and O–H groups in total. The molecule has 0 saturated heterocycles. The number of methoxy groups -OCH3 is 1. The van der Waals surface area contributed by atoms with Crippen LogP contribution in [0.15, 0.2) is 30.5 Å². The number of aromatic nitrogens is 3. The third-order valence-electron chi connectivity index (χ3n) is 2.89. The average Bonchev–Trinajstić information content (AvgIpc) is 2.87. The molecular formula is C14H19N3O2. The standard InChI is InChI=1S/C14H19N3O2/c1-10(2)17-8-7-11(16-17)9-13(18)12-5-4-6-14(15-12)19-3/h4-8,10,13,18H,9H2,1-3H3.